The number of hydrogen-bond acceptors (Lipinski definition) is 3. The Hall–Kier alpha value is -0.640. The minimum Gasteiger partial charge on any atom is -0.394 e. The smallest absolute Gasteiger partial charge is 0.104 e. The van der Waals surface area contributed by atoms with E-state index in [2.05, 4.69) is 6.58 Å². The number of aliphatic hydroxyl groups is 2. The molecule has 0 heterocycles. The third-order valence-corrected chi connectivity index (χ3v) is 1.11. The summed E-state index contributed by atoms with van der Waals surface area (Å²) in [5.41, 5.74) is 0. The minimum atomic E-state index is -0.468. The van der Waals surface area contributed by atoms with Gasteiger partial charge in [-0.1, -0.05) is 24.8 Å². The fourth-order valence-corrected chi connectivity index (χ4v) is 0.507. The summed E-state index contributed by atoms with van der Waals surface area (Å²) in [6, 6.07) is 0. The zero-order valence-corrected chi connectivity index (χ0v) is 6.44. The van der Waals surface area contributed by atoms with Crippen molar-refractivity contribution in [3.63, 3.8) is 0 Å². The third-order valence-electron chi connectivity index (χ3n) is 1.11. The van der Waals surface area contributed by atoms with Crippen LogP contribution in [0.5, 0.6) is 0 Å². The van der Waals surface area contributed by atoms with Crippen molar-refractivity contribution in [2.24, 2.45) is 0 Å². The van der Waals surface area contributed by atoms with E-state index in [1.165, 1.54) is 0 Å². The van der Waals surface area contributed by atoms with Crippen molar-refractivity contribution in [3.8, 4) is 0 Å². The van der Waals surface area contributed by atoms with Gasteiger partial charge in [0.2, 0.25) is 0 Å². The Morgan fingerprint density at radius 1 is 1.36 bits per heavy atom. The predicted molar refractivity (Wildman–Crippen MR) is 43.2 cm³/mol. The standard InChI is InChI=1S/C8H14O3/c1-2-3-4-5-11-8(6-9)7-10/h2-4,8-10H,1,5-7H2/b4-3+. The molecule has 0 aromatic heterocycles. The highest BCUT2D eigenvalue weighted by Gasteiger charge is 2.02. The lowest BCUT2D eigenvalue weighted by Gasteiger charge is -2.09. The summed E-state index contributed by atoms with van der Waals surface area (Å²) in [5, 5.41) is 17.1. The van der Waals surface area contributed by atoms with Gasteiger partial charge in [0.25, 0.3) is 0 Å². The van der Waals surface area contributed by atoms with Gasteiger partial charge in [0.05, 0.1) is 19.8 Å². The molecule has 0 spiro atoms. The summed E-state index contributed by atoms with van der Waals surface area (Å²) in [6.45, 7) is 3.55. The van der Waals surface area contributed by atoms with Gasteiger partial charge in [0.15, 0.2) is 0 Å². The number of aliphatic hydroxyl groups excluding tert-OH is 2. The van der Waals surface area contributed by atoms with Gasteiger partial charge in [0.1, 0.15) is 6.10 Å². The van der Waals surface area contributed by atoms with E-state index in [0.29, 0.717) is 6.61 Å². The van der Waals surface area contributed by atoms with Crippen LogP contribution in [-0.4, -0.2) is 36.1 Å². The Balaban J connectivity index is 3.34. The Bertz CT molecular complexity index is 117. The van der Waals surface area contributed by atoms with Crippen molar-refractivity contribution >= 4 is 0 Å². The molecule has 0 aromatic rings. The topological polar surface area (TPSA) is 49.7 Å². The first-order valence-electron chi connectivity index (χ1n) is 3.46. The van der Waals surface area contributed by atoms with Crippen molar-refractivity contribution < 1.29 is 14.9 Å². The zero-order chi connectivity index (χ0) is 8.53. The molecule has 3 nitrogen and oxygen atoms in total. The molecule has 64 valence electrons. The molecule has 0 aromatic carbocycles. The fraction of sp³-hybridized carbons (Fsp3) is 0.500. The van der Waals surface area contributed by atoms with E-state index in [-0.39, 0.29) is 13.2 Å². The van der Waals surface area contributed by atoms with Gasteiger partial charge < -0.3 is 14.9 Å². The molecule has 0 bridgehead atoms. The maximum Gasteiger partial charge on any atom is 0.104 e. The lowest BCUT2D eigenvalue weighted by molar-refractivity contribution is -0.00717. The molecule has 0 saturated heterocycles. The average Bonchev–Trinajstić information content (AvgIpc) is 2.05. The molecular formula is C8H14O3. The number of rotatable bonds is 6. The summed E-state index contributed by atoms with van der Waals surface area (Å²) < 4.78 is 5.01. The first-order valence-corrected chi connectivity index (χ1v) is 3.46. The summed E-state index contributed by atoms with van der Waals surface area (Å²) in [7, 11) is 0. The normalized spacial score (nSPS) is 11.2. The van der Waals surface area contributed by atoms with E-state index >= 15 is 0 Å². The Morgan fingerprint density at radius 2 is 2.00 bits per heavy atom. The van der Waals surface area contributed by atoms with Crippen LogP contribution < -0.4 is 0 Å². The van der Waals surface area contributed by atoms with Gasteiger partial charge in [-0.3, -0.25) is 0 Å². The van der Waals surface area contributed by atoms with Gasteiger partial charge in [0, 0.05) is 0 Å². The van der Waals surface area contributed by atoms with Crippen molar-refractivity contribution in [1.29, 1.82) is 0 Å². The van der Waals surface area contributed by atoms with Crippen LogP contribution in [0.3, 0.4) is 0 Å². The Kier molecular flexibility index (Phi) is 7.03. The van der Waals surface area contributed by atoms with Gasteiger partial charge in [-0.05, 0) is 0 Å². The van der Waals surface area contributed by atoms with E-state index in [1.807, 2.05) is 0 Å². The quantitative estimate of drug-likeness (QED) is 0.539. The monoisotopic (exact) mass is 158 g/mol. The second kappa shape index (κ2) is 7.47. The maximum absolute atomic E-state index is 8.55. The molecule has 0 fully saturated rings. The molecule has 2 N–H and O–H groups in total. The highest BCUT2D eigenvalue weighted by atomic mass is 16.5. The Morgan fingerprint density at radius 3 is 2.45 bits per heavy atom. The largest absolute Gasteiger partial charge is 0.394 e. The number of ether oxygens (including phenoxy) is 1. The number of allylic oxidation sites excluding steroid dienone is 2. The molecule has 0 aliphatic rings. The highest BCUT2D eigenvalue weighted by molar-refractivity contribution is 4.97. The van der Waals surface area contributed by atoms with Crippen LogP contribution >= 0.6 is 0 Å². The van der Waals surface area contributed by atoms with E-state index in [0.717, 1.165) is 0 Å². The van der Waals surface area contributed by atoms with E-state index < -0.39 is 6.10 Å². The Labute approximate surface area is 66.6 Å². The molecule has 0 amide bonds. The zero-order valence-electron chi connectivity index (χ0n) is 6.44. The van der Waals surface area contributed by atoms with E-state index in [9.17, 15) is 0 Å². The molecule has 0 rings (SSSR count). The molecule has 0 aliphatic carbocycles. The van der Waals surface area contributed by atoms with Gasteiger partial charge in [-0.2, -0.15) is 0 Å². The SMILES string of the molecule is C=C/C=C/COC(CO)CO. The molecule has 0 radical (unpaired) electrons. The molecular weight excluding hydrogens is 144 g/mol. The van der Waals surface area contributed by atoms with Crippen LogP contribution in [0, 0.1) is 0 Å². The summed E-state index contributed by atoms with van der Waals surface area (Å²) >= 11 is 0. The predicted octanol–water partition coefficient (Wildman–Crippen LogP) is 0.0984. The first kappa shape index (κ1) is 10.4. The van der Waals surface area contributed by atoms with E-state index in [4.69, 9.17) is 14.9 Å². The maximum atomic E-state index is 8.55. The molecule has 11 heavy (non-hydrogen) atoms. The van der Waals surface area contributed by atoms with Crippen LogP contribution in [0.2, 0.25) is 0 Å². The first-order chi connectivity index (χ1) is 5.35. The van der Waals surface area contributed by atoms with Crippen LogP contribution in [-0.2, 0) is 4.74 Å². The fourth-order valence-electron chi connectivity index (χ4n) is 0.507. The van der Waals surface area contributed by atoms with Crippen LogP contribution in [0.15, 0.2) is 24.8 Å². The molecule has 0 atom stereocenters. The average molecular weight is 158 g/mol. The second-order valence-electron chi connectivity index (χ2n) is 1.98. The van der Waals surface area contributed by atoms with Gasteiger partial charge in [-0.15, -0.1) is 0 Å². The second-order valence-corrected chi connectivity index (χ2v) is 1.98. The van der Waals surface area contributed by atoms with Gasteiger partial charge in [-0.25, -0.2) is 0 Å². The number of hydrogen-bond donors (Lipinski definition) is 2. The van der Waals surface area contributed by atoms with Gasteiger partial charge >= 0.3 is 0 Å². The van der Waals surface area contributed by atoms with E-state index in [1.54, 1.807) is 18.2 Å². The van der Waals surface area contributed by atoms with Crippen LogP contribution in [0.4, 0.5) is 0 Å². The molecule has 0 unspecified atom stereocenters. The van der Waals surface area contributed by atoms with Crippen molar-refractivity contribution in [2.75, 3.05) is 19.8 Å². The minimum absolute atomic E-state index is 0.154. The van der Waals surface area contributed by atoms with Crippen molar-refractivity contribution in [3.05, 3.63) is 24.8 Å². The summed E-state index contributed by atoms with van der Waals surface area (Å²) in [6.07, 6.45) is 4.66. The molecule has 0 aliphatic heterocycles. The van der Waals surface area contributed by atoms with Crippen LogP contribution in [0.1, 0.15) is 0 Å². The summed E-state index contributed by atoms with van der Waals surface area (Å²) in [4.78, 5) is 0. The van der Waals surface area contributed by atoms with Crippen molar-refractivity contribution in [2.45, 2.75) is 6.10 Å². The highest BCUT2D eigenvalue weighted by Crippen LogP contribution is 1.89. The molecule has 3 heteroatoms. The lowest BCUT2D eigenvalue weighted by Crippen LogP contribution is -2.21. The lowest BCUT2D eigenvalue weighted by atomic mass is 10.4. The summed E-state index contributed by atoms with van der Waals surface area (Å²) in [5.74, 6) is 0. The van der Waals surface area contributed by atoms with Crippen molar-refractivity contribution in [1.82, 2.24) is 0 Å². The molecule has 0 saturated carbocycles. The van der Waals surface area contributed by atoms with Crippen LogP contribution in [0.25, 0.3) is 0 Å². The third kappa shape index (κ3) is 5.79.